The summed E-state index contributed by atoms with van der Waals surface area (Å²) in [6.45, 7) is 1.83. The normalized spacial score (nSPS) is 13.3. The number of halogens is 4. The van der Waals surface area contributed by atoms with Gasteiger partial charge in [-0.15, -0.1) is 0 Å². The fraction of sp³-hybridized carbons (Fsp3) is 0.200. The van der Waals surface area contributed by atoms with Gasteiger partial charge < -0.3 is 5.73 Å². The van der Waals surface area contributed by atoms with Gasteiger partial charge in [0, 0.05) is 5.56 Å². The van der Waals surface area contributed by atoms with Gasteiger partial charge in [-0.1, -0.05) is 29.8 Å². The van der Waals surface area contributed by atoms with Crippen LogP contribution in [0.25, 0.3) is 0 Å². The van der Waals surface area contributed by atoms with Crippen LogP contribution in [0.3, 0.4) is 0 Å². The van der Waals surface area contributed by atoms with Gasteiger partial charge in [0.2, 0.25) is 0 Å². The number of hydrogen-bond acceptors (Lipinski definition) is 1. The van der Waals surface area contributed by atoms with E-state index in [4.69, 9.17) is 5.73 Å². The molecule has 1 nitrogen and oxygen atoms in total. The number of alkyl halides is 3. The van der Waals surface area contributed by atoms with E-state index in [0.29, 0.717) is 11.6 Å². The monoisotopic (exact) mass is 283 g/mol. The first kappa shape index (κ1) is 14.5. The molecule has 1 unspecified atom stereocenters. The molecule has 2 aromatic carbocycles. The molecule has 0 radical (unpaired) electrons. The molecule has 20 heavy (non-hydrogen) atoms. The molecule has 0 aromatic heterocycles. The minimum absolute atomic E-state index is 0.162. The largest absolute Gasteiger partial charge is 0.416 e. The molecular formula is C15H13F4N. The second-order valence-corrected chi connectivity index (χ2v) is 4.63. The Morgan fingerprint density at radius 3 is 2.35 bits per heavy atom. The lowest BCUT2D eigenvalue weighted by Crippen LogP contribution is -2.15. The standard InChI is InChI=1S/C15H13F4N/c1-9-3-2-4-10(7-9)14(20)12-8-11(15(17,18)19)5-6-13(12)16/h2-8,14H,20H2,1H3. The van der Waals surface area contributed by atoms with Crippen LogP contribution in [-0.2, 0) is 6.18 Å². The maximum Gasteiger partial charge on any atom is 0.416 e. The Morgan fingerprint density at radius 2 is 1.75 bits per heavy atom. The summed E-state index contributed by atoms with van der Waals surface area (Å²) in [4.78, 5) is 0. The van der Waals surface area contributed by atoms with Crippen molar-refractivity contribution >= 4 is 0 Å². The van der Waals surface area contributed by atoms with E-state index < -0.39 is 23.6 Å². The summed E-state index contributed by atoms with van der Waals surface area (Å²) in [6.07, 6.45) is -4.52. The van der Waals surface area contributed by atoms with Crippen molar-refractivity contribution in [1.29, 1.82) is 0 Å². The lowest BCUT2D eigenvalue weighted by molar-refractivity contribution is -0.137. The maximum atomic E-state index is 13.7. The molecule has 0 aliphatic heterocycles. The van der Waals surface area contributed by atoms with Gasteiger partial charge in [-0.3, -0.25) is 0 Å². The second-order valence-electron chi connectivity index (χ2n) is 4.63. The van der Waals surface area contributed by atoms with Crippen LogP contribution in [0.2, 0.25) is 0 Å². The number of rotatable bonds is 2. The average molecular weight is 283 g/mol. The summed E-state index contributed by atoms with van der Waals surface area (Å²) in [5, 5.41) is 0. The van der Waals surface area contributed by atoms with E-state index in [9.17, 15) is 17.6 Å². The van der Waals surface area contributed by atoms with E-state index in [1.54, 1.807) is 18.2 Å². The van der Waals surface area contributed by atoms with Crippen molar-refractivity contribution in [2.24, 2.45) is 5.73 Å². The van der Waals surface area contributed by atoms with Gasteiger partial charge in [-0.25, -0.2) is 4.39 Å². The maximum absolute atomic E-state index is 13.7. The van der Waals surface area contributed by atoms with Crippen LogP contribution in [0, 0.1) is 12.7 Å². The van der Waals surface area contributed by atoms with Crippen LogP contribution in [0.15, 0.2) is 42.5 Å². The van der Waals surface area contributed by atoms with Gasteiger partial charge in [-0.2, -0.15) is 13.2 Å². The van der Waals surface area contributed by atoms with Crippen LogP contribution in [0.5, 0.6) is 0 Å². The first-order valence-electron chi connectivity index (χ1n) is 5.98. The molecule has 0 bridgehead atoms. The first-order chi connectivity index (χ1) is 9.29. The highest BCUT2D eigenvalue weighted by molar-refractivity contribution is 5.37. The highest BCUT2D eigenvalue weighted by Crippen LogP contribution is 2.32. The van der Waals surface area contributed by atoms with Gasteiger partial charge in [0.05, 0.1) is 11.6 Å². The fourth-order valence-electron chi connectivity index (χ4n) is 2.00. The van der Waals surface area contributed by atoms with Crippen molar-refractivity contribution in [3.05, 3.63) is 70.5 Å². The molecule has 0 amide bonds. The molecule has 0 spiro atoms. The van der Waals surface area contributed by atoms with Crippen molar-refractivity contribution in [3.8, 4) is 0 Å². The third-order valence-corrected chi connectivity index (χ3v) is 3.06. The Labute approximate surface area is 114 Å². The van der Waals surface area contributed by atoms with Gasteiger partial charge >= 0.3 is 6.18 Å². The zero-order chi connectivity index (χ0) is 14.9. The summed E-state index contributed by atoms with van der Waals surface area (Å²) in [5.74, 6) is -0.744. The smallest absolute Gasteiger partial charge is 0.320 e. The molecule has 5 heteroatoms. The van der Waals surface area contributed by atoms with Gasteiger partial charge in [0.1, 0.15) is 5.82 Å². The van der Waals surface area contributed by atoms with Gasteiger partial charge in [-0.05, 0) is 30.7 Å². The highest BCUT2D eigenvalue weighted by Gasteiger charge is 2.31. The highest BCUT2D eigenvalue weighted by atomic mass is 19.4. The molecular weight excluding hydrogens is 270 g/mol. The zero-order valence-electron chi connectivity index (χ0n) is 10.7. The third-order valence-electron chi connectivity index (χ3n) is 3.06. The number of hydrogen-bond donors (Lipinski definition) is 1. The molecule has 2 aromatic rings. The molecule has 0 saturated carbocycles. The molecule has 1 atom stereocenters. The van der Waals surface area contributed by atoms with Crippen LogP contribution in [0.1, 0.15) is 28.3 Å². The molecule has 0 fully saturated rings. The Morgan fingerprint density at radius 1 is 1.05 bits per heavy atom. The third kappa shape index (κ3) is 2.99. The van der Waals surface area contributed by atoms with Crippen LogP contribution < -0.4 is 5.73 Å². The Hall–Kier alpha value is -1.88. The first-order valence-corrected chi connectivity index (χ1v) is 5.98. The molecule has 0 aliphatic carbocycles. The Balaban J connectivity index is 2.46. The zero-order valence-corrected chi connectivity index (χ0v) is 10.7. The minimum atomic E-state index is -4.52. The molecule has 106 valence electrons. The molecule has 0 heterocycles. The predicted molar refractivity (Wildman–Crippen MR) is 68.6 cm³/mol. The summed E-state index contributed by atoms with van der Waals surface area (Å²) >= 11 is 0. The second kappa shape index (κ2) is 5.25. The van der Waals surface area contributed by atoms with E-state index in [2.05, 4.69) is 0 Å². The molecule has 2 rings (SSSR count). The molecule has 0 aliphatic rings. The van der Waals surface area contributed by atoms with Crippen molar-refractivity contribution in [3.63, 3.8) is 0 Å². The van der Waals surface area contributed by atoms with E-state index in [0.717, 1.165) is 17.7 Å². The lowest BCUT2D eigenvalue weighted by atomic mass is 9.96. The van der Waals surface area contributed by atoms with Crippen LogP contribution in [-0.4, -0.2) is 0 Å². The van der Waals surface area contributed by atoms with Crippen LogP contribution >= 0.6 is 0 Å². The van der Waals surface area contributed by atoms with E-state index >= 15 is 0 Å². The number of nitrogens with two attached hydrogens (primary N) is 1. The topological polar surface area (TPSA) is 26.0 Å². The molecule has 0 saturated heterocycles. The Kier molecular flexibility index (Phi) is 3.81. The van der Waals surface area contributed by atoms with Crippen LogP contribution in [0.4, 0.5) is 17.6 Å². The van der Waals surface area contributed by atoms with Crippen molar-refractivity contribution in [2.75, 3.05) is 0 Å². The summed E-state index contributed by atoms with van der Waals surface area (Å²) < 4.78 is 51.7. The van der Waals surface area contributed by atoms with Gasteiger partial charge in [0.25, 0.3) is 0 Å². The van der Waals surface area contributed by atoms with Crippen molar-refractivity contribution < 1.29 is 17.6 Å². The SMILES string of the molecule is Cc1cccc(C(N)c2cc(C(F)(F)F)ccc2F)c1. The van der Waals surface area contributed by atoms with Crippen molar-refractivity contribution in [1.82, 2.24) is 0 Å². The quantitative estimate of drug-likeness (QED) is 0.821. The predicted octanol–water partition coefficient (Wildman–Crippen LogP) is 4.20. The van der Waals surface area contributed by atoms with E-state index in [-0.39, 0.29) is 5.56 Å². The van der Waals surface area contributed by atoms with E-state index in [1.165, 1.54) is 0 Å². The fourth-order valence-corrected chi connectivity index (χ4v) is 2.00. The van der Waals surface area contributed by atoms with E-state index in [1.807, 2.05) is 13.0 Å². The lowest BCUT2D eigenvalue weighted by Gasteiger charge is -2.16. The summed E-state index contributed by atoms with van der Waals surface area (Å²) in [5.41, 5.74) is 6.30. The van der Waals surface area contributed by atoms with Crippen molar-refractivity contribution in [2.45, 2.75) is 19.1 Å². The Bertz CT molecular complexity index is 620. The summed E-state index contributed by atoms with van der Waals surface area (Å²) in [7, 11) is 0. The average Bonchev–Trinajstić information content (AvgIpc) is 2.37. The minimum Gasteiger partial charge on any atom is -0.320 e. The number of benzene rings is 2. The molecule has 2 N–H and O–H groups in total. The number of aryl methyl sites for hydroxylation is 1. The summed E-state index contributed by atoms with van der Waals surface area (Å²) in [6, 6.07) is 8.30. The van der Waals surface area contributed by atoms with Gasteiger partial charge in [0.15, 0.2) is 0 Å².